The van der Waals surface area contributed by atoms with Crippen molar-refractivity contribution in [1.29, 1.82) is 0 Å². The monoisotopic (exact) mass is 510 g/mol. The second-order valence-corrected chi connectivity index (χ2v) is 12.6. The van der Waals surface area contributed by atoms with Crippen LogP contribution in [0.2, 0.25) is 0 Å². The zero-order valence-corrected chi connectivity index (χ0v) is 21.9. The zero-order valence-electron chi connectivity index (χ0n) is 21.1. The Morgan fingerprint density at radius 1 is 1.11 bits per heavy atom. The molecule has 1 N–H and O–H groups in total. The van der Waals surface area contributed by atoms with E-state index in [1.807, 2.05) is 6.92 Å². The number of hydrogen-bond acceptors (Lipinski definition) is 9. The first-order chi connectivity index (χ1) is 16.5. The molecule has 1 aliphatic carbocycles. The number of piperazine rings is 1. The Labute approximate surface area is 208 Å². The molecule has 1 amide bonds. The van der Waals surface area contributed by atoms with E-state index in [9.17, 15) is 13.2 Å². The standard InChI is InChI=1S/C24H38N4O6S/c1-18-5-8-20(9-6-18)35(30,31)17-28-32-23(33-34-28)15-22(29)25-21-10-7-19(16-24(21,2)3)27-13-11-26(4)12-14-27/h5-6,8-9,19,21,23H,7,10-17H2,1-4H3,(H,25,29). The molecule has 0 spiro atoms. The lowest BCUT2D eigenvalue weighted by Crippen LogP contribution is -2.56. The Morgan fingerprint density at radius 2 is 1.80 bits per heavy atom. The number of carbonyl (C=O) groups excluding carboxylic acids is 1. The Balaban J connectivity index is 1.23. The van der Waals surface area contributed by atoms with Crippen LogP contribution in [0.15, 0.2) is 29.2 Å². The summed E-state index contributed by atoms with van der Waals surface area (Å²) in [5.74, 6) is -0.754. The molecular weight excluding hydrogens is 472 g/mol. The number of nitrogens with one attached hydrogen (secondary N) is 1. The fraction of sp³-hybridized carbons (Fsp3) is 0.708. The van der Waals surface area contributed by atoms with Crippen LogP contribution < -0.4 is 5.32 Å². The highest BCUT2D eigenvalue weighted by molar-refractivity contribution is 7.91. The van der Waals surface area contributed by atoms with Gasteiger partial charge in [-0.15, -0.1) is 4.99 Å². The maximum Gasteiger partial charge on any atom is 0.225 e. The van der Waals surface area contributed by atoms with Gasteiger partial charge >= 0.3 is 0 Å². The third kappa shape index (κ3) is 6.79. The number of amides is 1. The molecule has 0 radical (unpaired) electrons. The number of sulfone groups is 1. The molecule has 196 valence electrons. The minimum Gasteiger partial charge on any atom is -0.353 e. The van der Waals surface area contributed by atoms with Crippen LogP contribution in [0.5, 0.6) is 0 Å². The lowest BCUT2D eigenvalue weighted by molar-refractivity contribution is -0.406. The van der Waals surface area contributed by atoms with Crippen LogP contribution >= 0.6 is 0 Å². The molecule has 3 atom stereocenters. The van der Waals surface area contributed by atoms with Crippen molar-refractivity contribution in [1.82, 2.24) is 20.3 Å². The topological polar surface area (TPSA) is 101 Å². The predicted octanol–water partition coefficient (Wildman–Crippen LogP) is 1.86. The van der Waals surface area contributed by atoms with E-state index in [4.69, 9.17) is 14.7 Å². The van der Waals surface area contributed by atoms with Crippen LogP contribution in [0.4, 0.5) is 0 Å². The molecule has 0 aromatic heterocycles. The average Bonchev–Trinajstić information content (AvgIpc) is 3.21. The first kappa shape index (κ1) is 26.5. The highest BCUT2D eigenvalue weighted by Crippen LogP contribution is 2.38. The second kappa shape index (κ2) is 10.8. The van der Waals surface area contributed by atoms with Gasteiger partial charge in [0, 0.05) is 38.3 Å². The zero-order chi connectivity index (χ0) is 25.2. The summed E-state index contributed by atoms with van der Waals surface area (Å²) in [7, 11) is -1.51. The molecule has 11 heteroatoms. The maximum atomic E-state index is 12.7. The van der Waals surface area contributed by atoms with Crippen molar-refractivity contribution in [2.75, 3.05) is 39.1 Å². The van der Waals surface area contributed by atoms with Crippen molar-refractivity contribution >= 4 is 15.7 Å². The fourth-order valence-corrected chi connectivity index (χ4v) is 6.20. The Hall–Kier alpha value is -1.60. The van der Waals surface area contributed by atoms with Gasteiger partial charge in [0.15, 0.2) is 15.7 Å². The summed E-state index contributed by atoms with van der Waals surface area (Å²) < 4.78 is 25.2. The van der Waals surface area contributed by atoms with Gasteiger partial charge in [-0.05, 0) is 56.0 Å². The van der Waals surface area contributed by atoms with E-state index in [0.29, 0.717) is 6.04 Å². The summed E-state index contributed by atoms with van der Waals surface area (Å²) in [6.45, 7) is 10.7. The van der Waals surface area contributed by atoms with Crippen LogP contribution in [-0.4, -0.2) is 86.8 Å². The van der Waals surface area contributed by atoms with Crippen LogP contribution in [0, 0.1) is 12.3 Å². The molecule has 1 saturated carbocycles. The summed E-state index contributed by atoms with van der Waals surface area (Å²) >= 11 is 0. The molecule has 0 bridgehead atoms. The van der Waals surface area contributed by atoms with E-state index in [1.54, 1.807) is 12.1 Å². The van der Waals surface area contributed by atoms with Crippen LogP contribution in [0.1, 0.15) is 45.1 Å². The second-order valence-electron chi connectivity index (χ2n) is 10.7. The molecule has 2 heterocycles. The summed E-state index contributed by atoms with van der Waals surface area (Å²) in [6, 6.07) is 7.12. The van der Waals surface area contributed by atoms with Gasteiger partial charge in [0.1, 0.15) is 0 Å². The maximum absolute atomic E-state index is 12.7. The van der Waals surface area contributed by atoms with Gasteiger partial charge in [0.25, 0.3) is 0 Å². The van der Waals surface area contributed by atoms with Gasteiger partial charge in [-0.1, -0.05) is 31.5 Å². The summed E-state index contributed by atoms with van der Waals surface area (Å²) in [5.41, 5.74) is 0.923. The number of hydrogen-bond donors (Lipinski definition) is 1. The Bertz CT molecular complexity index is 978. The van der Waals surface area contributed by atoms with Gasteiger partial charge in [-0.2, -0.15) is 4.89 Å². The largest absolute Gasteiger partial charge is 0.353 e. The number of nitrogens with zero attached hydrogens (tertiary/aromatic N) is 3. The lowest BCUT2D eigenvalue weighted by Gasteiger charge is -2.48. The van der Waals surface area contributed by atoms with Crippen molar-refractivity contribution in [2.24, 2.45) is 5.41 Å². The van der Waals surface area contributed by atoms with Gasteiger partial charge < -0.3 is 10.2 Å². The van der Waals surface area contributed by atoms with Crippen molar-refractivity contribution in [3.63, 3.8) is 0 Å². The normalized spacial score (nSPS) is 28.7. The molecule has 1 aromatic rings. The van der Waals surface area contributed by atoms with E-state index in [-0.39, 0.29) is 28.7 Å². The van der Waals surface area contributed by atoms with Gasteiger partial charge in [0.05, 0.1) is 11.3 Å². The van der Waals surface area contributed by atoms with E-state index >= 15 is 0 Å². The number of rotatable bonds is 7. The third-order valence-corrected chi connectivity index (χ3v) is 8.90. The van der Waals surface area contributed by atoms with Crippen LogP contribution in [-0.2, 0) is 29.3 Å². The SMILES string of the molecule is Cc1ccc(S(=O)(=O)CN2OOC(CC(=O)NC3CCC(N4CCN(C)CC4)CC3(C)C)O2)cc1. The van der Waals surface area contributed by atoms with E-state index in [0.717, 1.165) is 56.2 Å². The summed E-state index contributed by atoms with van der Waals surface area (Å²) in [6.07, 6.45) is 1.91. The van der Waals surface area contributed by atoms with E-state index in [2.05, 4.69) is 36.0 Å². The van der Waals surface area contributed by atoms with Gasteiger partial charge in [-0.25, -0.2) is 13.3 Å². The molecule has 3 aliphatic rings. The number of hydroxylamine groups is 2. The Morgan fingerprint density at radius 3 is 2.46 bits per heavy atom. The lowest BCUT2D eigenvalue weighted by atomic mass is 9.70. The van der Waals surface area contributed by atoms with Crippen molar-refractivity contribution in [3.8, 4) is 0 Å². The molecule has 2 aliphatic heterocycles. The molecular formula is C24H38N4O6S. The van der Waals surface area contributed by atoms with E-state index in [1.165, 1.54) is 12.1 Å². The highest BCUT2D eigenvalue weighted by atomic mass is 32.2. The number of benzene rings is 1. The third-order valence-electron chi connectivity index (χ3n) is 7.36. The molecule has 2 saturated heterocycles. The number of aryl methyl sites for hydroxylation is 1. The first-order valence-electron chi connectivity index (χ1n) is 12.3. The molecule has 4 rings (SSSR count). The molecule has 1 aromatic carbocycles. The summed E-state index contributed by atoms with van der Waals surface area (Å²) in [4.78, 5) is 33.2. The highest BCUT2D eigenvalue weighted by Gasteiger charge is 2.41. The molecule has 3 fully saturated rings. The van der Waals surface area contributed by atoms with Crippen molar-refractivity contribution in [2.45, 2.75) is 69.7 Å². The van der Waals surface area contributed by atoms with Crippen LogP contribution in [0.3, 0.4) is 0 Å². The first-order valence-corrected chi connectivity index (χ1v) is 14.0. The average molecular weight is 511 g/mol. The fourth-order valence-electron chi connectivity index (χ4n) is 5.12. The van der Waals surface area contributed by atoms with Crippen molar-refractivity contribution in [3.05, 3.63) is 29.8 Å². The van der Waals surface area contributed by atoms with Gasteiger partial charge in [0.2, 0.25) is 12.2 Å². The van der Waals surface area contributed by atoms with Crippen LogP contribution in [0.25, 0.3) is 0 Å². The summed E-state index contributed by atoms with van der Waals surface area (Å²) in [5, 5.41) is 3.90. The quantitative estimate of drug-likeness (QED) is 0.551. The number of carbonyl (C=O) groups is 1. The predicted molar refractivity (Wildman–Crippen MR) is 129 cm³/mol. The minimum absolute atomic E-state index is 0.0377. The smallest absolute Gasteiger partial charge is 0.225 e. The molecule has 35 heavy (non-hydrogen) atoms. The van der Waals surface area contributed by atoms with Crippen molar-refractivity contribution < 1.29 is 27.9 Å². The van der Waals surface area contributed by atoms with E-state index < -0.39 is 22.0 Å². The minimum atomic E-state index is -3.68. The Kier molecular flexibility index (Phi) is 8.16. The molecule has 10 nitrogen and oxygen atoms in total. The van der Waals surface area contributed by atoms with Gasteiger partial charge in [-0.3, -0.25) is 9.69 Å². The number of likely N-dealkylation sites (N-methyl/N-ethyl adjacent to an activating group) is 1. The molecule has 3 unspecified atom stereocenters.